The smallest absolute Gasteiger partial charge is 0.282 e. The number of benzene rings is 2. The molecule has 0 saturated heterocycles. The molecule has 2 aromatic carbocycles. The van der Waals surface area contributed by atoms with E-state index in [0.29, 0.717) is 28.2 Å². The van der Waals surface area contributed by atoms with E-state index in [4.69, 9.17) is 4.74 Å². The van der Waals surface area contributed by atoms with E-state index in [0.717, 1.165) is 0 Å². The van der Waals surface area contributed by atoms with E-state index in [2.05, 4.69) is 5.10 Å². The molecule has 0 aliphatic heterocycles. The third-order valence-corrected chi connectivity index (χ3v) is 5.81. The molecule has 0 amide bonds. The Hall–Kier alpha value is -4.46. The molecule has 0 N–H and O–H groups in total. The molecule has 7 nitrogen and oxygen atoms in total. The molecule has 34 heavy (non-hydrogen) atoms. The Morgan fingerprint density at radius 2 is 1.82 bits per heavy atom. The minimum atomic E-state index is -0.599. The summed E-state index contributed by atoms with van der Waals surface area (Å²) < 4.78 is 25.3. The van der Waals surface area contributed by atoms with Gasteiger partial charge in [0, 0.05) is 31.4 Å². The van der Waals surface area contributed by atoms with Crippen LogP contribution in [0.4, 0.5) is 4.39 Å². The zero-order valence-corrected chi connectivity index (χ0v) is 18.6. The number of ether oxygens (including phenoxy) is 1. The molecule has 3 aromatic heterocycles. The molecule has 0 atom stereocenters. The second-order valence-corrected chi connectivity index (χ2v) is 7.94. The van der Waals surface area contributed by atoms with Crippen molar-refractivity contribution in [2.45, 2.75) is 13.3 Å². The molecule has 170 valence electrons. The van der Waals surface area contributed by atoms with Crippen molar-refractivity contribution in [2.75, 3.05) is 0 Å². The van der Waals surface area contributed by atoms with Crippen molar-refractivity contribution in [2.24, 2.45) is 7.05 Å². The number of rotatable bonds is 6. The van der Waals surface area contributed by atoms with E-state index in [-0.39, 0.29) is 23.5 Å². The molecule has 3 heterocycles. The lowest BCUT2D eigenvalue weighted by molar-refractivity contribution is 0.0991. The summed E-state index contributed by atoms with van der Waals surface area (Å²) in [7, 11) is 1.73. The summed E-state index contributed by atoms with van der Waals surface area (Å²) >= 11 is 0. The fourth-order valence-corrected chi connectivity index (χ4v) is 4.03. The number of Topliss-reactive ketones (excluding diaryl/α,β-unsaturated/α-hetero) is 1. The van der Waals surface area contributed by atoms with Gasteiger partial charge in [0.2, 0.25) is 0 Å². The lowest BCUT2D eigenvalue weighted by Gasteiger charge is -2.09. The van der Waals surface area contributed by atoms with Crippen molar-refractivity contribution in [1.82, 2.24) is 19.0 Å². The maximum Gasteiger partial charge on any atom is 0.282 e. The fourth-order valence-electron chi connectivity index (χ4n) is 4.03. The molecule has 5 aromatic rings. The van der Waals surface area contributed by atoms with Gasteiger partial charge in [-0.3, -0.25) is 14.3 Å². The number of carbonyl (C=O) groups excluding carboxylic acids is 1. The average Bonchev–Trinajstić information content (AvgIpc) is 3.39. The average molecular weight is 456 g/mol. The Bertz CT molecular complexity index is 1580. The van der Waals surface area contributed by atoms with Crippen LogP contribution >= 0.6 is 0 Å². The molecule has 0 unspecified atom stereocenters. The van der Waals surface area contributed by atoms with E-state index in [1.807, 2.05) is 30.3 Å². The molecule has 0 spiro atoms. The van der Waals surface area contributed by atoms with Crippen molar-refractivity contribution >= 4 is 11.3 Å². The topological polar surface area (TPSA) is 70.5 Å². The first-order valence-corrected chi connectivity index (χ1v) is 10.7. The Balaban J connectivity index is 1.40. The van der Waals surface area contributed by atoms with Crippen LogP contribution in [0.5, 0.6) is 11.5 Å². The molecule has 0 bridgehead atoms. The number of hydrogen-bond donors (Lipinski definition) is 0. The van der Waals surface area contributed by atoms with Crippen molar-refractivity contribution < 1.29 is 13.9 Å². The number of ketones is 1. The summed E-state index contributed by atoms with van der Waals surface area (Å²) in [6.45, 7) is 1.72. The number of hydrogen-bond acceptors (Lipinski definition) is 4. The minimum Gasteiger partial charge on any atom is -0.452 e. The molecule has 8 heteroatoms. The first-order valence-electron chi connectivity index (χ1n) is 10.7. The monoisotopic (exact) mass is 456 g/mol. The lowest BCUT2D eigenvalue weighted by atomic mass is 10.0. The third kappa shape index (κ3) is 3.69. The van der Waals surface area contributed by atoms with Crippen molar-refractivity contribution in [3.63, 3.8) is 0 Å². The van der Waals surface area contributed by atoms with Gasteiger partial charge in [0.05, 0.1) is 11.9 Å². The molecule has 0 radical (unpaired) electrons. The highest BCUT2D eigenvalue weighted by Crippen LogP contribution is 2.28. The van der Waals surface area contributed by atoms with Gasteiger partial charge in [-0.2, -0.15) is 5.10 Å². The van der Waals surface area contributed by atoms with E-state index in [1.165, 1.54) is 16.8 Å². The Kier molecular flexibility index (Phi) is 5.33. The molecular formula is C26H21FN4O3. The minimum absolute atomic E-state index is 0.0350. The van der Waals surface area contributed by atoms with E-state index >= 15 is 0 Å². The second kappa shape index (κ2) is 8.47. The lowest BCUT2D eigenvalue weighted by Crippen LogP contribution is -2.23. The Morgan fingerprint density at radius 1 is 1.03 bits per heavy atom. The summed E-state index contributed by atoms with van der Waals surface area (Å²) in [5, 5.41) is 4.16. The van der Waals surface area contributed by atoms with Crippen molar-refractivity contribution in [1.29, 1.82) is 0 Å². The maximum absolute atomic E-state index is 14.8. The summed E-state index contributed by atoms with van der Waals surface area (Å²) in [6, 6.07) is 18.8. The number of fused-ring (bicyclic) bond motifs is 1. The molecule has 0 aliphatic rings. The van der Waals surface area contributed by atoms with Gasteiger partial charge in [0.1, 0.15) is 11.1 Å². The summed E-state index contributed by atoms with van der Waals surface area (Å²) in [5.74, 6) is -0.472. The summed E-state index contributed by atoms with van der Waals surface area (Å²) in [4.78, 5) is 26.1. The first-order chi connectivity index (χ1) is 16.4. The van der Waals surface area contributed by atoms with Gasteiger partial charge in [-0.15, -0.1) is 0 Å². The van der Waals surface area contributed by atoms with Gasteiger partial charge in [-0.25, -0.2) is 13.6 Å². The SMILES string of the molecule is Cc1c(C(=O)Cc2ccc(Oc3ccnn4cccc34)c(F)c2)c(=O)n(-c2ccccc2)n1C. The van der Waals surface area contributed by atoms with Crippen LogP contribution < -0.4 is 10.3 Å². The largest absolute Gasteiger partial charge is 0.452 e. The quantitative estimate of drug-likeness (QED) is 0.353. The highest BCUT2D eigenvalue weighted by atomic mass is 19.1. The predicted octanol–water partition coefficient (Wildman–Crippen LogP) is 4.49. The van der Waals surface area contributed by atoms with E-state index in [1.54, 1.807) is 59.8 Å². The zero-order valence-electron chi connectivity index (χ0n) is 18.6. The van der Waals surface area contributed by atoms with Gasteiger partial charge in [-0.05, 0) is 48.9 Å². The van der Waals surface area contributed by atoms with Gasteiger partial charge >= 0.3 is 0 Å². The van der Waals surface area contributed by atoms with E-state index < -0.39 is 11.4 Å². The van der Waals surface area contributed by atoms with Crippen LogP contribution in [0.2, 0.25) is 0 Å². The summed E-state index contributed by atoms with van der Waals surface area (Å²) in [6.07, 6.45) is 3.23. The fraction of sp³-hybridized carbons (Fsp3) is 0.115. The van der Waals surface area contributed by atoms with Crippen LogP contribution in [0.25, 0.3) is 11.2 Å². The number of aromatic nitrogens is 4. The van der Waals surface area contributed by atoms with Gasteiger partial charge in [0.25, 0.3) is 5.56 Å². The number of para-hydroxylation sites is 1. The maximum atomic E-state index is 14.8. The molecule has 0 fully saturated rings. The number of halogens is 1. The van der Waals surface area contributed by atoms with Crippen molar-refractivity contribution in [3.05, 3.63) is 112 Å². The van der Waals surface area contributed by atoms with Crippen LogP contribution in [0.3, 0.4) is 0 Å². The highest BCUT2D eigenvalue weighted by Gasteiger charge is 2.22. The summed E-state index contributed by atoms with van der Waals surface area (Å²) in [5.41, 5.74) is 2.07. The number of nitrogens with zero attached hydrogens (tertiary/aromatic N) is 4. The normalized spacial score (nSPS) is 11.1. The molecule has 5 rings (SSSR count). The third-order valence-electron chi connectivity index (χ3n) is 5.81. The van der Waals surface area contributed by atoms with Crippen LogP contribution in [0, 0.1) is 12.7 Å². The molecule has 0 saturated carbocycles. The van der Waals surface area contributed by atoms with Crippen LogP contribution in [0.15, 0.2) is 83.9 Å². The van der Waals surface area contributed by atoms with Gasteiger partial charge < -0.3 is 4.74 Å². The van der Waals surface area contributed by atoms with Gasteiger partial charge in [0.15, 0.2) is 23.1 Å². The second-order valence-electron chi connectivity index (χ2n) is 7.94. The first kappa shape index (κ1) is 21.4. The Labute approximate surface area is 194 Å². The van der Waals surface area contributed by atoms with E-state index in [9.17, 15) is 14.0 Å². The van der Waals surface area contributed by atoms with Crippen LogP contribution in [0.1, 0.15) is 21.6 Å². The molecular weight excluding hydrogens is 435 g/mol. The zero-order chi connectivity index (χ0) is 23.8. The predicted molar refractivity (Wildman–Crippen MR) is 125 cm³/mol. The van der Waals surface area contributed by atoms with Gasteiger partial charge in [-0.1, -0.05) is 24.3 Å². The number of carbonyl (C=O) groups is 1. The van der Waals surface area contributed by atoms with Crippen LogP contribution in [-0.4, -0.2) is 24.8 Å². The van der Waals surface area contributed by atoms with Crippen LogP contribution in [-0.2, 0) is 13.5 Å². The van der Waals surface area contributed by atoms with Crippen molar-refractivity contribution in [3.8, 4) is 17.2 Å². The molecule has 0 aliphatic carbocycles. The highest BCUT2D eigenvalue weighted by molar-refractivity contribution is 5.98. The Morgan fingerprint density at radius 3 is 2.59 bits per heavy atom. The standard InChI is InChI=1S/C26H21FN4O3/c1-17-25(26(33)31(29(17)2)19-7-4-3-5-8-19)22(32)16-18-10-11-23(20(27)15-18)34-24-12-13-28-30-14-6-9-21(24)30/h3-15H,16H2,1-2H3.